The summed E-state index contributed by atoms with van der Waals surface area (Å²) in [5.41, 5.74) is -1.73. The van der Waals surface area contributed by atoms with Gasteiger partial charge in [0.25, 0.3) is 0 Å². The van der Waals surface area contributed by atoms with Gasteiger partial charge in [-0.15, -0.1) is 0 Å². The lowest BCUT2D eigenvalue weighted by Gasteiger charge is -2.19. The first-order valence-electron chi connectivity index (χ1n) is 5.90. The lowest BCUT2D eigenvalue weighted by atomic mass is 10.2. The maximum Gasteiger partial charge on any atom is 0.482 e. The molecule has 24 heavy (non-hydrogen) atoms. The zero-order chi connectivity index (χ0) is 18.5. The van der Waals surface area contributed by atoms with Gasteiger partial charge >= 0.3 is 13.8 Å². The van der Waals surface area contributed by atoms with Crippen LogP contribution in [0.25, 0.3) is 0 Å². The highest BCUT2D eigenvalue weighted by Gasteiger charge is 2.41. The lowest BCUT2D eigenvalue weighted by molar-refractivity contribution is -0.189. The molecule has 0 bridgehead atoms. The van der Waals surface area contributed by atoms with Gasteiger partial charge in [-0.1, -0.05) is 6.07 Å². The predicted octanol–water partition coefficient (Wildman–Crippen LogP) is 3.02. The second kappa shape index (κ2) is 8.02. The van der Waals surface area contributed by atoms with E-state index in [-0.39, 0.29) is 19.8 Å². The van der Waals surface area contributed by atoms with Crippen LogP contribution in [0, 0.1) is 29.1 Å². The van der Waals surface area contributed by atoms with E-state index in [4.69, 9.17) is 10.0 Å². The standard InChI is InChI=1S/C13H5F7O.BH2O2/c14-7-2-1-3-8(15)11(7)13(19,20)21-6-4-9(16)12(18)10(17)5-6;2-1-3/h1-5H;2-3H. The van der Waals surface area contributed by atoms with Gasteiger partial charge in [-0.2, -0.15) is 8.78 Å². The second-order valence-electron chi connectivity index (χ2n) is 4.03. The highest BCUT2D eigenvalue weighted by molar-refractivity contribution is 6.13. The molecule has 2 rings (SSSR count). The molecule has 129 valence electrons. The molecule has 0 saturated heterocycles. The zero-order valence-electron chi connectivity index (χ0n) is 11.4. The third-order valence-electron chi connectivity index (χ3n) is 2.46. The molecule has 0 aliphatic carbocycles. The number of alkyl halides is 2. The van der Waals surface area contributed by atoms with Gasteiger partial charge in [0.1, 0.15) is 22.9 Å². The fraction of sp³-hybridized carbons (Fsp3) is 0.0769. The van der Waals surface area contributed by atoms with Gasteiger partial charge in [-0.3, -0.25) is 0 Å². The first kappa shape index (κ1) is 19.8. The van der Waals surface area contributed by atoms with Crippen LogP contribution in [0.15, 0.2) is 30.3 Å². The van der Waals surface area contributed by atoms with Gasteiger partial charge in [0.05, 0.1) is 0 Å². The number of hydrogen-bond donors (Lipinski definition) is 2. The first-order chi connectivity index (χ1) is 11.1. The minimum atomic E-state index is -4.55. The average Bonchev–Trinajstić information content (AvgIpc) is 2.44. The van der Waals surface area contributed by atoms with E-state index < -0.39 is 46.5 Å². The highest BCUT2D eigenvalue weighted by atomic mass is 19.3. The third-order valence-corrected chi connectivity index (χ3v) is 2.46. The van der Waals surface area contributed by atoms with Crippen molar-refractivity contribution < 1.29 is 45.5 Å². The molecule has 0 atom stereocenters. The molecular formula is C13H7BF7O3. The normalized spacial score (nSPS) is 10.7. The largest absolute Gasteiger partial charge is 0.482 e. The molecule has 0 amide bonds. The molecule has 0 aliphatic rings. The quantitative estimate of drug-likeness (QED) is 0.506. The van der Waals surface area contributed by atoms with Gasteiger partial charge in [0, 0.05) is 12.1 Å². The molecular weight excluding hydrogens is 348 g/mol. The Morgan fingerprint density at radius 2 is 1.25 bits per heavy atom. The Bertz CT molecular complexity index is 669. The maximum absolute atomic E-state index is 13.7. The summed E-state index contributed by atoms with van der Waals surface area (Å²) < 4.78 is 96.3. The predicted molar refractivity (Wildman–Crippen MR) is 67.4 cm³/mol. The summed E-state index contributed by atoms with van der Waals surface area (Å²) in [6, 6.07) is 2.22. The van der Waals surface area contributed by atoms with Crippen LogP contribution < -0.4 is 4.74 Å². The SMILES string of the molecule is Fc1cc(OC(F)(F)c2c(F)cccc2F)cc(F)c1F.O[B]O. The Balaban J connectivity index is 0.000000891. The number of halogens is 7. The summed E-state index contributed by atoms with van der Waals surface area (Å²) in [7, 11) is 0. The summed E-state index contributed by atoms with van der Waals surface area (Å²) in [5, 5.41) is 14.0. The highest BCUT2D eigenvalue weighted by Crippen LogP contribution is 2.35. The van der Waals surface area contributed by atoms with Crippen molar-refractivity contribution in [1.29, 1.82) is 0 Å². The Kier molecular flexibility index (Phi) is 6.61. The molecule has 0 aromatic heterocycles. The van der Waals surface area contributed by atoms with Gasteiger partial charge < -0.3 is 14.8 Å². The van der Waals surface area contributed by atoms with Crippen LogP contribution >= 0.6 is 0 Å². The van der Waals surface area contributed by atoms with Crippen LogP contribution in [-0.4, -0.2) is 17.7 Å². The molecule has 0 unspecified atom stereocenters. The molecule has 0 spiro atoms. The number of rotatable bonds is 3. The molecule has 2 aromatic carbocycles. The first-order valence-corrected chi connectivity index (χ1v) is 5.90. The van der Waals surface area contributed by atoms with E-state index in [0.29, 0.717) is 12.1 Å². The van der Waals surface area contributed by atoms with Gasteiger partial charge in [0.2, 0.25) is 0 Å². The zero-order valence-corrected chi connectivity index (χ0v) is 11.4. The molecule has 2 aromatic rings. The fourth-order valence-corrected chi connectivity index (χ4v) is 1.57. The Morgan fingerprint density at radius 3 is 1.67 bits per heavy atom. The molecule has 3 nitrogen and oxygen atoms in total. The second-order valence-corrected chi connectivity index (χ2v) is 4.03. The van der Waals surface area contributed by atoms with Crippen LogP contribution in [0.3, 0.4) is 0 Å². The van der Waals surface area contributed by atoms with Gasteiger partial charge in [-0.05, 0) is 12.1 Å². The van der Waals surface area contributed by atoms with Gasteiger partial charge in [-0.25, -0.2) is 22.0 Å². The van der Waals surface area contributed by atoms with E-state index >= 15 is 0 Å². The van der Waals surface area contributed by atoms with Crippen molar-refractivity contribution in [3.8, 4) is 5.75 Å². The third kappa shape index (κ3) is 4.62. The number of ether oxygens (including phenoxy) is 1. The van der Waals surface area contributed by atoms with E-state index in [1.807, 2.05) is 0 Å². The van der Waals surface area contributed by atoms with E-state index in [9.17, 15) is 30.7 Å². The van der Waals surface area contributed by atoms with Crippen molar-refractivity contribution in [2.45, 2.75) is 6.11 Å². The van der Waals surface area contributed by atoms with Crippen molar-refractivity contribution in [3.05, 3.63) is 65.0 Å². The molecule has 11 heteroatoms. The average molecular weight is 355 g/mol. The minimum absolute atomic E-state index is 0. The van der Waals surface area contributed by atoms with E-state index in [0.717, 1.165) is 6.07 Å². The smallest absolute Gasteiger partial charge is 0.429 e. The summed E-state index contributed by atoms with van der Waals surface area (Å²) in [5.74, 6) is -9.79. The van der Waals surface area contributed by atoms with Crippen LogP contribution in [0.5, 0.6) is 5.75 Å². The molecule has 0 fully saturated rings. The van der Waals surface area contributed by atoms with Crippen LogP contribution in [0.4, 0.5) is 30.7 Å². The lowest BCUT2D eigenvalue weighted by Crippen LogP contribution is -2.25. The summed E-state index contributed by atoms with van der Waals surface area (Å²) in [6.07, 6.45) is -4.55. The van der Waals surface area contributed by atoms with E-state index in [1.165, 1.54) is 0 Å². The summed E-state index contributed by atoms with van der Waals surface area (Å²) in [4.78, 5) is 0. The summed E-state index contributed by atoms with van der Waals surface area (Å²) >= 11 is 0. The Hall–Kier alpha value is -2.27. The fourth-order valence-electron chi connectivity index (χ4n) is 1.57. The molecule has 1 radical (unpaired) electrons. The Labute approximate surface area is 131 Å². The topological polar surface area (TPSA) is 49.7 Å². The van der Waals surface area contributed by atoms with Crippen molar-refractivity contribution in [2.24, 2.45) is 0 Å². The van der Waals surface area contributed by atoms with Gasteiger partial charge in [0.15, 0.2) is 17.5 Å². The van der Waals surface area contributed by atoms with Crippen molar-refractivity contribution >= 4 is 7.69 Å². The Morgan fingerprint density at radius 1 is 0.833 bits per heavy atom. The van der Waals surface area contributed by atoms with Crippen LogP contribution in [-0.2, 0) is 6.11 Å². The van der Waals surface area contributed by atoms with Crippen molar-refractivity contribution in [1.82, 2.24) is 0 Å². The monoisotopic (exact) mass is 355 g/mol. The molecule has 0 aliphatic heterocycles. The van der Waals surface area contributed by atoms with Crippen molar-refractivity contribution in [3.63, 3.8) is 0 Å². The summed E-state index contributed by atoms with van der Waals surface area (Å²) in [6.45, 7) is 0. The molecule has 2 N–H and O–H groups in total. The number of benzene rings is 2. The van der Waals surface area contributed by atoms with E-state index in [1.54, 1.807) is 0 Å². The van der Waals surface area contributed by atoms with Crippen LogP contribution in [0.2, 0.25) is 0 Å². The van der Waals surface area contributed by atoms with E-state index in [2.05, 4.69) is 4.74 Å². The number of hydrogen-bond acceptors (Lipinski definition) is 3. The van der Waals surface area contributed by atoms with Crippen molar-refractivity contribution in [2.75, 3.05) is 0 Å². The van der Waals surface area contributed by atoms with Crippen LogP contribution in [0.1, 0.15) is 5.56 Å². The maximum atomic E-state index is 13.7. The molecule has 0 heterocycles. The molecule has 0 saturated carbocycles. The minimum Gasteiger partial charge on any atom is -0.429 e.